The Bertz CT molecular complexity index is 553. The van der Waals surface area contributed by atoms with E-state index in [0.29, 0.717) is 5.13 Å². The van der Waals surface area contributed by atoms with Gasteiger partial charge in [-0.3, -0.25) is 4.79 Å². The summed E-state index contributed by atoms with van der Waals surface area (Å²) in [5.74, 6) is -0.0161. The Balaban J connectivity index is 1.99. The molecule has 4 nitrogen and oxygen atoms in total. The molecule has 3 N–H and O–H groups in total. The van der Waals surface area contributed by atoms with Gasteiger partial charge >= 0.3 is 0 Å². The van der Waals surface area contributed by atoms with E-state index in [1.54, 1.807) is 0 Å². The van der Waals surface area contributed by atoms with Crippen LogP contribution in [0.3, 0.4) is 0 Å². The van der Waals surface area contributed by atoms with Crippen LogP contribution in [0.4, 0.5) is 5.13 Å². The summed E-state index contributed by atoms with van der Waals surface area (Å²) >= 11 is 1.36. The third-order valence-corrected chi connectivity index (χ3v) is 3.75. The predicted octanol–water partition coefficient (Wildman–Crippen LogP) is 2.93. The van der Waals surface area contributed by atoms with Gasteiger partial charge in [0.25, 0.3) is 0 Å². The highest BCUT2D eigenvalue weighted by Gasteiger charge is 2.14. The van der Waals surface area contributed by atoms with Crippen molar-refractivity contribution in [3.8, 4) is 0 Å². The number of nitrogens with two attached hydrogens (primary N) is 1. The standard InChI is InChI=1S/C15H19N3OS/c1-2-6-13(11-7-4-3-5-8-11)18-14(19)9-12-10-20-15(16)17-12/h3-5,7-8,10,13H,2,6,9H2,1H3,(H2,16,17)(H,18,19). The number of anilines is 1. The minimum atomic E-state index is -0.0161. The fraction of sp³-hybridized carbons (Fsp3) is 0.333. The average Bonchev–Trinajstić information content (AvgIpc) is 2.84. The van der Waals surface area contributed by atoms with Gasteiger partial charge in [-0.25, -0.2) is 4.98 Å². The topological polar surface area (TPSA) is 68.0 Å². The molecule has 0 aliphatic rings. The lowest BCUT2D eigenvalue weighted by Crippen LogP contribution is -2.29. The lowest BCUT2D eigenvalue weighted by molar-refractivity contribution is -0.121. The second-order valence-electron chi connectivity index (χ2n) is 4.67. The van der Waals surface area contributed by atoms with E-state index < -0.39 is 0 Å². The van der Waals surface area contributed by atoms with Gasteiger partial charge in [0.05, 0.1) is 18.2 Å². The molecule has 1 atom stereocenters. The number of thiazole rings is 1. The van der Waals surface area contributed by atoms with Crippen LogP contribution in [0, 0.1) is 0 Å². The summed E-state index contributed by atoms with van der Waals surface area (Å²) in [5.41, 5.74) is 7.44. The first kappa shape index (κ1) is 14.5. The fourth-order valence-corrected chi connectivity index (χ4v) is 2.67. The van der Waals surface area contributed by atoms with Crippen LogP contribution < -0.4 is 11.1 Å². The van der Waals surface area contributed by atoms with Crippen LogP contribution in [0.1, 0.15) is 37.1 Å². The summed E-state index contributed by atoms with van der Waals surface area (Å²) in [7, 11) is 0. The Morgan fingerprint density at radius 2 is 2.15 bits per heavy atom. The molecule has 0 aliphatic heterocycles. The molecule has 1 amide bonds. The predicted molar refractivity (Wildman–Crippen MR) is 82.5 cm³/mol. The second-order valence-corrected chi connectivity index (χ2v) is 5.56. The van der Waals surface area contributed by atoms with Crippen LogP contribution >= 0.6 is 11.3 Å². The van der Waals surface area contributed by atoms with E-state index >= 15 is 0 Å². The number of hydrogen-bond donors (Lipinski definition) is 2. The molecule has 1 unspecified atom stereocenters. The minimum absolute atomic E-state index is 0.0161. The summed E-state index contributed by atoms with van der Waals surface area (Å²) in [4.78, 5) is 16.2. The van der Waals surface area contributed by atoms with Crippen molar-refractivity contribution < 1.29 is 4.79 Å². The summed E-state index contributed by atoms with van der Waals surface area (Å²) in [5, 5.41) is 5.40. The van der Waals surface area contributed by atoms with Crippen LogP contribution in [0.2, 0.25) is 0 Å². The van der Waals surface area contributed by atoms with E-state index in [4.69, 9.17) is 5.73 Å². The molecule has 0 saturated carbocycles. The average molecular weight is 289 g/mol. The van der Waals surface area contributed by atoms with Gasteiger partial charge < -0.3 is 11.1 Å². The van der Waals surface area contributed by atoms with Gasteiger partial charge in [-0.15, -0.1) is 11.3 Å². The van der Waals surface area contributed by atoms with Gasteiger partial charge in [-0.1, -0.05) is 43.7 Å². The molecule has 0 radical (unpaired) electrons. The molecule has 5 heteroatoms. The van der Waals surface area contributed by atoms with Gasteiger partial charge in [-0.2, -0.15) is 0 Å². The molecule has 1 heterocycles. The number of rotatable bonds is 6. The van der Waals surface area contributed by atoms with E-state index in [-0.39, 0.29) is 18.4 Å². The fourth-order valence-electron chi connectivity index (χ4n) is 2.11. The summed E-state index contributed by atoms with van der Waals surface area (Å²) in [6.45, 7) is 2.11. The van der Waals surface area contributed by atoms with Crippen molar-refractivity contribution >= 4 is 22.4 Å². The molecule has 20 heavy (non-hydrogen) atoms. The van der Waals surface area contributed by atoms with Crippen molar-refractivity contribution in [2.24, 2.45) is 0 Å². The maximum atomic E-state index is 12.1. The van der Waals surface area contributed by atoms with Crippen LogP contribution in [-0.4, -0.2) is 10.9 Å². The first-order chi connectivity index (χ1) is 9.69. The first-order valence-corrected chi connectivity index (χ1v) is 7.61. The van der Waals surface area contributed by atoms with Gasteiger partial charge in [0.1, 0.15) is 0 Å². The Morgan fingerprint density at radius 3 is 2.75 bits per heavy atom. The summed E-state index contributed by atoms with van der Waals surface area (Å²) in [6.07, 6.45) is 2.22. The molecule has 0 saturated heterocycles. The Morgan fingerprint density at radius 1 is 1.40 bits per heavy atom. The number of carbonyl (C=O) groups is 1. The summed E-state index contributed by atoms with van der Waals surface area (Å²) < 4.78 is 0. The number of aromatic nitrogens is 1. The van der Waals surface area contributed by atoms with Crippen molar-refractivity contribution in [1.29, 1.82) is 0 Å². The number of amides is 1. The summed E-state index contributed by atoms with van der Waals surface area (Å²) in [6, 6.07) is 10.1. The van der Waals surface area contributed by atoms with E-state index in [0.717, 1.165) is 24.1 Å². The molecule has 2 rings (SSSR count). The van der Waals surface area contributed by atoms with Crippen LogP contribution in [-0.2, 0) is 11.2 Å². The van der Waals surface area contributed by atoms with E-state index in [1.165, 1.54) is 11.3 Å². The third-order valence-electron chi connectivity index (χ3n) is 3.03. The maximum Gasteiger partial charge on any atom is 0.226 e. The van der Waals surface area contributed by atoms with Crippen LogP contribution in [0.15, 0.2) is 35.7 Å². The van der Waals surface area contributed by atoms with Crippen molar-refractivity contribution in [3.05, 3.63) is 47.0 Å². The highest BCUT2D eigenvalue weighted by molar-refractivity contribution is 7.13. The smallest absolute Gasteiger partial charge is 0.226 e. The number of hydrogen-bond acceptors (Lipinski definition) is 4. The highest BCUT2D eigenvalue weighted by atomic mass is 32.1. The normalized spacial score (nSPS) is 12.1. The van der Waals surface area contributed by atoms with Crippen molar-refractivity contribution in [3.63, 3.8) is 0 Å². The Kier molecular flexibility index (Phi) is 5.12. The molecule has 106 valence electrons. The van der Waals surface area contributed by atoms with Gasteiger partial charge in [-0.05, 0) is 12.0 Å². The number of carbonyl (C=O) groups excluding carboxylic acids is 1. The van der Waals surface area contributed by atoms with Gasteiger partial charge in [0, 0.05) is 5.38 Å². The lowest BCUT2D eigenvalue weighted by atomic mass is 10.0. The van der Waals surface area contributed by atoms with Crippen molar-refractivity contribution in [2.75, 3.05) is 5.73 Å². The number of nitrogens with one attached hydrogen (secondary N) is 1. The van der Waals surface area contributed by atoms with Crippen molar-refractivity contribution in [1.82, 2.24) is 10.3 Å². The number of benzene rings is 1. The Hall–Kier alpha value is -1.88. The van der Waals surface area contributed by atoms with Crippen molar-refractivity contribution in [2.45, 2.75) is 32.2 Å². The first-order valence-electron chi connectivity index (χ1n) is 6.73. The quantitative estimate of drug-likeness (QED) is 0.859. The molecule has 0 aliphatic carbocycles. The largest absolute Gasteiger partial charge is 0.375 e. The van der Waals surface area contributed by atoms with E-state index in [9.17, 15) is 4.79 Å². The lowest BCUT2D eigenvalue weighted by Gasteiger charge is -2.18. The van der Waals surface area contributed by atoms with Gasteiger partial charge in [0.15, 0.2) is 5.13 Å². The molecule has 2 aromatic rings. The third kappa shape index (κ3) is 4.06. The van der Waals surface area contributed by atoms with Gasteiger partial charge in [0.2, 0.25) is 5.91 Å². The zero-order valence-corrected chi connectivity index (χ0v) is 12.3. The Labute approximate surface area is 123 Å². The number of nitrogens with zero attached hydrogens (tertiary/aromatic N) is 1. The second kappa shape index (κ2) is 7.05. The maximum absolute atomic E-state index is 12.1. The SMILES string of the molecule is CCCC(NC(=O)Cc1csc(N)n1)c1ccccc1. The number of nitrogen functional groups attached to an aromatic ring is 1. The molecule has 0 fully saturated rings. The van der Waals surface area contributed by atoms with E-state index in [1.807, 2.05) is 35.7 Å². The zero-order chi connectivity index (χ0) is 14.4. The highest BCUT2D eigenvalue weighted by Crippen LogP contribution is 2.18. The van der Waals surface area contributed by atoms with E-state index in [2.05, 4.69) is 17.2 Å². The van der Waals surface area contributed by atoms with Crippen LogP contribution in [0.25, 0.3) is 0 Å². The molecular weight excluding hydrogens is 270 g/mol. The molecule has 0 spiro atoms. The monoisotopic (exact) mass is 289 g/mol. The molecule has 1 aromatic heterocycles. The molecule has 0 bridgehead atoms. The van der Waals surface area contributed by atoms with Crippen LogP contribution in [0.5, 0.6) is 0 Å². The molecular formula is C15H19N3OS. The molecule has 1 aromatic carbocycles. The zero-order valence-electron chi connectivity index (χ0n) is 11.5. The minimum Gasteiger partial charge on any atom is -0.375 e.